The molecule has 4 rings (SSSR count). The van der Waals surface area contributed by atoms with Crippen molar-refractivity contribution < 1.29 is 17.3 Å². The van der Waals surface area contributed by atoms with Crippen molar-refractivity contribution in [2.24, 2.45) is 5.41 Å². The number of ether oxygens (including phenoxy) is 1. The minimum Gasteiger partial charge on any atom is -0.348 e. The average Bonchev–Trinajstić information content (AvgIpc) is 3.24. The summed E-state index contributed by atoms with van der Waals surface area (Å²) in [5.74, 6) is -1.08. The van der Waals surface area contributed by atoms with E-state index in [2.05, 4.69) is 48.5 Å². The van der Waals surface area contributed by atoms with Crippen LogP contribution < -0.4 is 0 Å². The zero-order chi connectivity index (χ0) is 21.2. The van der Waals surface area contributed by atoms with Crippen molar-refractivity contribution in [3.8, 4) is 0 Å². The maximum absolute atomic E-state index is 13.1. The Morgan fingerprint density at radius 1 is 0.967 bits per heavy atom. The Morgan fingerprint density at radius 2 is 1.57 bits per heavy atom. The van der Waals surface area contributed by atoms with Crippen LogP contribution in [-0.4, -0.2) is 26.1 Å². The molecule has 2 aliphatic rings. The summed E-state index contributed by atoms with van der Waals surface area (Å²) in [5.41, 5.74) is 1.96. The van der Waals surface area contributed by atoms with Gasteiger partial charge >= 0.3 is 0 Å². The molecule has 1 heterocycles. The second-order valence-electron chi connectivity index (χ2n) is 8.79. The summed E-state index contributed by atoms with van der Waals surface area (Å²) in [6.07, 6.45) is 4.58. The second-order valence-corrected chi connectivity index (χ2v) is 10.7. The van der Waals surface area contributed by atoms with Crippen molar-refractivity contribution in [2.45, 2.75) is 69.3 Å². The Hall–Kier alpha value is -1.69. The SMILES string of the molecule is CCCC(C)S(=O)(=O)OC12CCCC1(C(c1ccccc1)c1ccccc1)CCO2. The van der Waals surface area contributed by atoms with Crippen molar-refractivity contribution in [2.75, 3.05) is 6.61 Å². The molecule has 1 aliphatic heterocycles. The van der Waals surface area contributed by atoms with E-state index < -0.39 is 26.6 Å². The van der Waals surface area contributed by atoms with Crippen LogP contribution in [0, 0.1) is 5.41 Å². The highest BCUT2D eigenvalue weighted by Gasteiger charge is 2.66. The second kappa shape index (κ2) is 8.45. The summed E-state index contributed by atoms with van der Waals surface area (Å²) in [4.78, 5) is 0. The van der Waals surface area contributed by atoms with Gasteiger partial charge in [-0.25, -0.2) is 4.18 Å². The monoisotopic (exact) mass is 428 g/mol. The van der Waals surface area contributed by atoms with E-state index >= 15 is 0 Å². The number of hydrogen-bond donors (Lipinski definition) is 0. The Labute approximate surface area is 180 Å². The van der Waals surface area contributed by atoms with E-state index in [0.717, 1.165) is 25.7 Å². The highest BCUT2D eigenvalue weighted by molar-refractivity contribution is 7.87. The van der Waals surface area contributed by atoms with Crippen molar-refractivity contribution >= 4 is 10.1 Å². The first-order valence-corrected chi connectivity index (χ1v) is 12.6. The highest BCUT2D eigenvalue weighted by Crippen LogP contribution is 2.64. The van der Waals surface area contributed by atoms with Gasteiger partial charge in [0, 0.05) is 17.8 Å². The van der Waals surface area contributed by atoms with Gasteiger partial charge in [-0.3, -0.25) is 0 Å². The maximum atomic E-state index is 13.1. The molecule has 2 aromatic rings. The molecule has 0 bridgehead atoms. The predicted molar refractivity (Wildman–Crippen MR) is 119 cm³/mol. The lowest BCUT2D eigenvalue weighted by Crippen LogP contribution is -2.49. The molecular formula is C25H32O4S. The zero-order valence-corrected chi connectivity index (χ0v) is 18.7. The molecule has 1 saturated heterocycles. The van der Waals surface area contributed by atoms with Crippen LogP contribution in [0.25, 0.3) is 0 Å². The lowest BCUT2D eigenvalue weighted by molar-refractivity contribution is -0.192. The van der Waals surface area contributed by atoms with Crippen LogP contribution in [0.5, 0.6) is 0 Å². The third-order valence-corrected chi connectivity index (χ3v) is 8.75. The fourth-order valence-corrected chi connectivity index (χ4v) is 6.97. The van der Waals surface area contributed by atoms with Gasteiger partial charge < -0.3 is 4.74 Å². The van der Waals surface area contributed by atoms with E-state index in [1.54, 1.807) is 6.92 Å². The van der Waals surface area contributed by atoms with Crippen molar-refractivity contribution in [1.82, 2.24) is 0 Å². The van der Waals surface area contributed by atoms with Gasteiger partial charge in [-0.05, 0) is 43.7 Å². The summed E-state index contributed by atoms with van der Waals surface area (Å²) >= 11 is 0. The zero-order valence-electron chi connectivity index (χ0n) is 17.9. The topological polar surface area (TPSA) is 52.6 Å². The van der Waals surface area contributed by atoms with Crippen LogP contribution >= 0.6 is 0 Å². The van der Waals surface area contributed by atoms with Crippen LogP contribution in [0.3, 0.4) is 0 Å². The predicted octanol–water partition coefficient (Wildman–Crippen LogP) is 5.64. The molecule has 0 radical (unpaired) electrons. The maximum Gasteiger partial charge on any atom is 0.272 e. The Bertz CT molecular complexity index is 890. The van der Waals surface area contributed by atoms with Crippen LogP contribution in [0.4, 0.5) is 0 Å². The van der Waals surface area contributed by atoms with Gasteiger partial charge in [-0.2, -0.15) is 8.42 Å². The van der Waals surface area contributed by atoms with Crippen molar-refractivity contribution in [3.05, 3.63) is 71.8 Å². The molecule has 1 saturated carbocycles. The van der Waals surface area contributed by atoms with Crippen LogP contribution in [0.15, 0.2) is 60.7 Å². The molecule has 3 unspecified atom stereocenters. The Morgan fingerprint density at radius 3 is 2.13 bits per heavy atom. The molecule has 0 amide bonds. The molecule has 4 nitrogen and oxygen atoms in total. The van der Waals surface area contributed by atoms with E-state index in [-0.39, 0.29) is 5.92 Å². The minimum atomic E-state index is -3.73. The molecule has 2 fully saturated rings. The summed E-state index contributed by atoms with van der Waals surface area (Å²) < 4.78 is 38.7. The molecule has 5 heteroatoms. The van der Waals surface area contributed by atoms with E-state index in [9.17, 15) is 8.42 Å². The average molecular weight is 429 g/mol. The van der Waals surface area contributed by atoms with E-state index in [1.165, 1.54) is 11.1 Å². The van der Waals surface area contributed by atoms with E-state index in [0.29, 0.717) is 19.4 Å². The van der Waals surface area contributed by atoms with Crippen LogP contribution in [0.2, 0.25) is 0 Å². The molecule has 0 spiro atoms. The van der Waals surface area contributed by atoms with Gasteiger partial charge in [0.2, 0.25) is 0 Å². The van der Waals surface area contributed by atoms with Crippen molar-refractivity contribution in [1.29, 1.82) is 0 Å². The van der Waals surface area contributed by atoms with Gasteiger partial charge in [-0.1, -0.05) is 74.0 Å². The van der Waals surface area contributed by atoms with Gasteiger partial charge in [0.15, 0.2) is 5.79 Å². The van der Waals surface area contributed by atoms with Gasteiger partial charge in [0.25, 0.3) is 10.1 Å². The minimum absolute atomic E-state index is 0.0154. The summed E-state index contributed by atoms with van der Waals surface area (Å²) in [7, 11) is -3.73. The largest absolute Gasteiger partial charge is 0.348 e. The first-order valence-electron chi connectivity index (χ1n) is 11.1. The third kappa shape index (κ3) is 3.61. The number of fused-ring (bicyclic) bond motifs is 1. The molecule has 162 valence electrons. The summed E-state index contributed by atoms with van der Waals surface area (Å²) in [6.45, 7) is 4.26. The normalized spacial score (nSPS) is 27.3. The fourth-order valence-electron chi connectivity index (χ4n) is 5.60. The standard InChI is InChI=1S/C25H32O4S/c1-3-11-20(2)30(26,27)29-25-17-10-16-24(25,18-19-28-25)23(21-12-6-4-7-13-21)22-14-8-5-9-15-22/h4-9,12-15,20,23H,3,10-11,16-19H2,1-2H3. The molecule has 30 heavy (non-hydrogen) atoms. The molecule has 0 N–H and O–H groups in total. The molecule has 2 aromatic carbocycles. The number of benzene rings is 2. The lowest BCUT2D eigenvalue weighted by atomic mass is 9.64. The highest BCUT2D eigenvalue weighted by atomic mass is 32.2. The fraction of sp³-hybridized carbons (Fsp3) is 0.520. The third-order valence-electron chi connectivity index (χ3n) is 7.03. The van der Waals surface area contributed by atoms with Gasteiger partial charge in [-0.15, -0.1) is 0 Å². The molecule has 0 aromatic heterocycles. The van der Waals surface area contributed by atoms with E-state index in [1.807, 2.05) is 19.1 Å². The molecule has 3 atom stereocenters. The number of hydrogen-bond acceptors (Lipinski definition) is 4. The van der Waals surface area contributed by atoms with Crippen LogP contribution in [-0.2, 0) is 19.0 Å². The summed E-state index contributed by atoms with van der Waals surface area (Å²) in [6, 6.07) is 20.8. The van der Waals surface area contributed by atoms with Crippen molar-refractivity contribution in [3.63, 3.8) is 0 Å². The first kappa shape index (κ1) is 21.5. The van der Waals surface area contributed by atoms with Gasteiger partial charge in [0.05, 0.1) is 11.9 Å². The molecule has 1 aliphatic carbocycles. The quantitative estimate of drug-likeness (QED) is 0.511. The Kier molecular flexibility index (Phi) is 6.06. The molecular weight excluding hydrogens is 396 g/mol. The van der Waals surface area contributed by atoms with E-state index in [4.69, 9.17) is 8.92 Å². The Balaban J connectivity index is 1.81. The smallest absolute Gasteiger partial charge is 0.272 e. The van der Waals surface area contributed by atoms with Crippen LogP contribution in [0.1, 0.15) is 69.4 Å². The number of rotatable bonds is 8. The lowest BCUT2D eigenvalue weighted by Gasteiger charge is -2.44. The first-order chi connectivity index (χ1) is 14.4. The summed E-state index contributed by atoms with van der Waals surface area (Å²) in [5, 5.41) is -0.536. The van der Waals surface area contributed by atoms with Gasteiger partial charge in [0.1, 0.15) is 0 Å².